The van der Waals surface area contributed by atoms with Crippen LogP contribution in [-0.2, 0) is 0 Å². The second kappa shape index (κ2) is 6.39. The number of benzene rings is 1. The number of likely N-dealkylation sites (tertiary alicyclic amines) is 1. The van der Waals surface area contributed by atoms with Crippen LogP contribution in [0.15, 0.2) is 12.1 Å². The lowest BCUT2D eigenvalue weighted by Gasteiger charge is -2.35. The van der Waals surface area contributed by atoms with E-state index in [-0.39, 0.29) is 23.2 Å². The molecule has 2 rings (SSSR count). The Balaban J connectivity index is 2.19. The molecular weight excluding hydrogens is 276 g/mol. The molecule has 1 aliphatic rings. The van der Waals surface area contributed by atoms with E-state index in [1.807, 2.05) is 7.05 Å². The molecule has 1 aromatic carbocycles. The van der Waals surface area contributed by atoms with E-state index in [9.17, 15) is 13.6 Å². The summed E-state index contributed by atoms with van der Waals surface area (Å²) in [6.07, 6.45) is 1.92. The number of hydrogen-bond acceptors (Lipinski definition) is 3. The maximum atomic E-state index is 13.8. The molecule has 6 heteroatoms. The Morgan fingerprint density at radius 3 is 2.52 bits per heavy atom. The van der Waals surface area contributed by atoms with Gasteiger partial charge in [0.25, 0.3) is 5.91 Å². The fraction of sp³-hybridized carbons (Fsp3) is 0.533. The highest BCUT2D eigenvalue weighted by molar-refractivity contribution is 5.94. The molecule has 0 bridgehead atoms. The van der Waals surface area contributed by atoms with Crippen LogP contribution in [0.2, 0.25) is 0 Å². The Morgan fingerprint density at radius 2 is 2.00 bits per heavy atom. The first kappa shape index (κ1) is 15.7. The number of nitrogens with one attached hydrogen (secondary N) is 1. The number of carbonyl (C=O) groups excluding carboxylic acids is 1. The van der Waals surface area contributed by atoms with Gasteiger partial charge in [-0.05, 0) is 38.6 Å². The molecule has 21 heavy (non-hydrogen) atoms. The number of amides is 1. The fourth-order valence-electron chi connectivity index (χ4n) is 2.76. The summed E-state index contributed by atoms with van der Waals surface area (Å²) < 4.78 is 27.5. The van der Waals surface area contributed by atoms with Gasteiger partial charge in [0.2, 0.25) is 0 Å². The first-order valence-electron chi connectivity index (χ1n) is 7.06. The molecule has 1 aliphatic heterocycles. The van der Waals surface area contributed by atoms with Gasteiger partial charge in [0.15, 0.2) is 0 Å². The minimum atomic E-state index is -0.755. The first-order chi connectivity index (χ1) is 9.93. The van der Waals surface area contributed by atoms with Crippen molar-refractivity contribution < 1.29 is 13.6 Å². The summed E-state index contributed by atoms with van der Waals surface area (Å²) in [5.41, 5.74) is -0.175. The van der Waals surface area contributed by atoms with Crippen LogP contribution >= 0.6 is 0 Å². The summed E-state index contributed by atoms with van der Waals surface area (Å²) in [6, 6.07) is 2.24. The highest BCUT2D eigenvalue weighted by Gasteiger charge is 2.26. The largest absolute Gasteiger partial charge is 0.383 e. The van der Waals surface area contributed by atoms with Gasteiger partial charge >= 0.3 is 0 Å². The molecule has 0 radical (unpaired) electrons. The summed E-state index contributed by atoms with van der Waals surface area (Å²) >= 11 is 0. The molecule has 0 aliphatic carbocycles. The van der Waals surface area contributed by atoms with Crippen LogP contribution in [0.3, 0.4) is 0 Å². The van der Waals surface area contributed by atoms with Gasteiger partial charge in [-0.25, -0.2) is 8.78 Å². The standard InChI is InChI=1S/C15H21F2N3O/c1-18-14-12(16)7-10(8-13(14)17)15(21)20(3)11-5-4-6-19(2)9-11/h7-8,11,18H,4-6,9H2,1-3H3. The molecule has 1 atom stereocenters. The lowest BCUT2D eigenvalue weighted by atomic mass is 10.0. The third kappa shape index (κ3) is 3.32. The van der Waals surface area contributed by atoms with Gasteiger partial charge in [0, 0.05) is 32.2 Å². The Kier molecular flexibility index (Phi) is 4.77. The van der Waals surface area contributed by atoms with E-state index >= 15 is 0 Å². The smallest absolute Gasteiger partial charge is 0.254 e. The highest BCUT2D eigenvalue weighted by Crippen LogP contribution is 2.22. The number of piperidine rings is 1. The van der Waals surface area contributed by atoms with Gasteiger partial charge < -0.3 is 15.1 Å². The third-order valence-corrected chi connectivity index (χ3v) is 4.01. The molecule has 1 unspecified atom stereocenters. The Bertz CT molecular complexity index is 513. The summed E-state index contributed by atoms with van der Waals surface area (Å²) in [5.74, 6) is -1.86. The maximum Gasteiger partial charge on any atom is 0.254 e. The minimum absolute atomic E-state index is 0.0414. The molecule has 0 spiro atoms. The zero-order valence-electron chi connectivity index (χ0n) is 12.6. The topological polar surface area (TPSA) is 35.6 Å². The number of halogens is 2. The second-order valence-electron chi connectivity index (χ2n) is 5.54. The molecule has 1 fully saturated rings. The van der Waals surface area contributed by atoms with Gasteiger partial charge in [0.1, 0.15) is 17.3 Å². The normalized spacial score (nSPS) is 19.4. The van der Waals surface area contributed by atoms with Gasteiger partial charge in [-0.3, -0.25) is 4.79 Å². The average Bonchev–Trinajstić information content (AvgIpc) is 2.45. The number of carbonyl (C=O) groups is 1. The SMILES string of the molecule is CNc1c(F)cc(C(=O)N(C)C2CCCN(C)C2)cc1F. The summed E-state index contributed by atoms with van der Waals surface area (Å²) in [5, 5.41) is 2.45. The average molecular weight is 297 g/mol. The van der Waals surface area contributed by atoms with Crippen LogP contribution in [-0.4, -0.2) is 56.0 Å². The zero-order chi connectivity index (χ0) is 15.6. The summed E-state index contributed by atoms with van der Waals surface area (Å²) in [6.45, 7) is 1.79. The van der Waals surface area contributed by atoms with Crippen molar-refractivity contribution in [2.75, 3.05) is 39.5 Å². The number of anilines is 1. The van der Waals surface area contributed by atoms with E-state index in [2.05, 4.69) is 10.2 Å². The Labute approximate surface area is 123 Å². The molecule has 1 amide bonds. The summed E-state index contributed by atoms with van der Waals surface area (Å²) in [7, 11) is 5.13. The van der Waals surface area contributed by atoms with E-state index in [1.165, 1.54) is 7.05 Å². The molecule has 1 heterocycles. The van der Waals surface area contributed by atoms with Crippen molar-refractivity contribution in [3.05, 3.63) is 29.3 Å². The molecule has 4 nitrogen and oxygen atoms in total. The lowest BCUT2D eigenvalue weighted by molar-refractivity contribution is 0.0643. The van der Waals surface area contributed by atoms with Gasteiger partial charge in [-0.2, -0.15) is 0 Å². The van der Waals surface area contributed by atoms with E-state index in [4.69, 9.17) is 0 Å². The maximum absolute atomic E-state index is 13.8. The summed E-state index contributed by atoms with van der Waals surface area (Å²) in [4.78, 5) is 16.2. The lowest BCUT2D eigenvalue weighted by Crippen LogP contribution is -2.47. The first-order valence-corrected chi connectivity index (χ1v) is 7.06. The van der Waals surface area contributed by atoms with Crippen molar-refractivity contribution in [2.45, 2.75) is 18.9 Å². The van der Waals surface area contributed by atoms with Gasteiger partial charge in [0.05, 0.1) is 0 Å². The quantitative estimate of drug-likeness (QED) is 0.929. The third-order valence-electron chi connectivity index (χ3n) is 4.01. The van der Waals surface area contributed by atoms with Crippen LogP contribution in [0.4, 0.5) is 14.5 Å². The van der Waals surface area contributed by atoms with E-state index in [0.717, 1.165) is 38.1 Å². The van der Waals surface area contributed by atoms with Crippen molar-refractivity contribution in [2.24, 2.45) is 0 Å². The van der Waals surface area contributed by atoms with Crippen molar-refractivity contribution in [1.29, 1.82) is 0 Å². The zero-order valence-corrected chi connectivity index (χ0v) is 12.6. The molecule has 1 aromatic rings. The van der Waals surface area contributed by atoms with Gasteiger partial charge in [-0.15, -0.1) is 0 Å². The van der Waals surface area contributed by atoms with E-state index in [0.29, 0.717) is 0 Å². The van der Waals surface area contributed by atoms with E-state index < -0.39 is 11.6 Å². The highest BCUT2D eigenvalue weighted by atomic mass is 19.1. The van der Waals surface area contributed by atoms with Crippen molar-refractivity contribution >= 4 is 11.6 Å². The van der Waals surface area contributed by atoms with Gasteiger partial charge in [-0.1, -0.05) is 0 Å². The minimum Gasteiger partial charge on any atom is -0.383 e. The van der Waals surface area contributed by atoms with Crippen LogP contribution < -0.4 is 5.32 Å². The van der Waals surface area contributed by atoms with Crippen molar-refractivity contribution in [3.8, 4) is 0 Å². The van der Waals surface area contributed by atoms with E-state index in [1.54, 1.807) is 11.9 Å². The van der Waals surface area contributed by atoms with Crippen molar-refractivity contribution in [1.82, 2.24) is 9.80 Å². The number of hydrogen-bond donors (Lipinski definition) is 1. The molecule has 116 valence electrons. The molecular formula is C15H21F2N3O. The van der Waals surface area contributed by atoms with Crippen LogP contribution in [0, 0.1) is 11.6 Å². The van der Waals surface area contributed by atoms with Crippen LogP contribution in [0.25, 0.3) is 0 Å². The Morgan fingerprint density at radius 1 is 1.38 bits per heavy atom. The molecule has 0 saturated carbocycles. The number of rotatable bonds is 3. The Hall–Kier alpha value is -1.69. The molecule has 1 saturated heterocycles. The second-order valence-corrected chi connectivity index (χ2v) is 5.54. The fourth-order valence-corrected chi connectivity index (χ4v) is 2.76. The van der Waals surface area contributed by atoms with Crippen molar-refractivity contribution in [3.63, 3.8) is 0 Å². The number of nitrogens with zero attached hydrogens (tertiary/aromatic N) is 2. The number of likely N-dealkylation sites (N-methyl/N-ethyl adjacent to an activating group) is 2. The van der Waals surface area contributed by atoms with Crippen LogP contribution in [0.5, 0.6) is 0 Å². The monoisotopic (exact) mass is 297 g/mol. The molecule has 0 aromatic heterocycles. The molecule has 1 N–H and O–H groups in total. The van der Waals surface area contributed by atoms with Crippen LogP contribution in [0.1, 0.15) is 23.2 Å². The predicted molar refractivity (Wildman–Crippen MR) is 78.5 cm³/mol. The predicted octanol–water partition coefficient (Wildman–Crippen LogP) is 2.17.